The van der Waals surface area contributed by atoms with Gasteiger partial charge in [-0.2, -0.15) is 0 Å². The van der Waals surface area contributed by atoms with E-state index in [0.29, 0.717) is 32.1 Å². The molecular formula is C41H56N4O9S. The average Bonchev–Trinajstić information content (AvgIpc) is 4.02. The van der Waals surface area contributed by atoms with Crippen LogP contribution in [-0.2, 0) is 40.3 Å². The van der Waals surface area contributed by atoms with Gasteiger partial charge in [-0.15, -0.1) is 0 Å². The van der Waals surface area contributed by atoms with Crippen LogP contribution in [0.1, 0.15) is 96.1 Å². The number of nitrogens with zero attached hydrogens (tertiary/aromatic N) is 1. The zero-order chi connectivity index (χ0) is 39.4. The number of ether oxygens (including phenoxy) is 3. The van der Waals surface area contributed by atoms with Crippen LogP contribution in [0.2, 0.25) is 0 Å². The fourth-order valence-electron chi connectivity index (χ4n) is 9.02. The number of hydrogen-bond donors (Lipinski definition) is 3. The number of fused-ring (bicyclic) bond motifs is 11. The van der Waals surface area contributed by atoms with Crippen LogP contribution in [0.3, 0.4) is 0 Å². The fraction of sp³-hybridized carbons (Fsp3) is 0.659. The highest BCUT2D eigenvalue weighted by Gasteiger charge is 2.67. The molecule has 13 nitrogen and oxygen atoms in total. The summed E-state index contributed by atoms with van der Waals surface area (Å²) in [6.07, 6.45) is 12.8. The highest BCUT2D eigenvalue weighted by molar-refractivity contribution is 7.91. The number of rotatable bonds is 8. The van der Waals surface area contributed by atoms with Crippen molar-refractivity contribution in [2.75, 3.05) is 33.9 Å². The second-order valence-electron chi connectivity index (χ2n) is 17.6. The first kappa shape index (κ1) is 39.3. The number of allylic oxidation sites excluding steroid dienone is 3. The summed E-state index contributed by atoms with van der Waals surface area (Å²) in [5.74, 6) is -0.955. The first-order valence-corrected chi connectivity index (χ1v) is 21.3. The molecule has 1 saturated heterocycles. The Balaban J connectivity index is 1.19. The van der Waals surface area contributed by atoms with Crippen LogP contribution in [0.4, 0.5) is 4.79 Å². The van der Waals surface area contributed by atoms with Crippen molar-refractivity contribution in [1.82, 2.24) is 20.3 Å². The Morgan fingerprint density at radius 2 is 1.80 bits per heavy atom. The molecule has 4 aliphatic carbocycles. The van der Waals surface area contributed by atoms with Crippen LogP contribution in [0, 0.1) is 22.7 Å². The third-order valence-electron chi connectivity index (χ3n) is 13.2. The molecule has 4 fully saturated rings. The Kier molecular flexibility index (Phi) is 10.4. The van der Waals surface area contributed by atoms with E-state index in [0.717, 1.165) is 49.0 Å². The number of carbonyl (C=O) groups is 4. The molecule has 3 saturated carbocycles. The van der Waals surface area contributed by atoms with Crippen molar-refractivity contribution in [1.29, 1.82) is 0 Å². The van der Waals surface area contributed by atoms with Crippen LogP contribution in [0.15, 0.2) is 36.4 Å². The van der Waals surface area contributed by atoms with E-state index < -0.39 is 68.2 Å². The van der Waals surface area contributed by atoms with E-state index in [1.165, 1.54) is 10.5 Å². The number of hydrogen-bond acceptors (Lipinski definition) is 9. The van der Waals surface area contributed by atoms with Gasteiger partial charge in [0.05, 0.1) is 31.1 Å². The van der Waals surface area contributed by atoms with Gasteiger partial charge < -0.3 is 29.7 Å². The molecule has 0 spiro atoms. The summed E-state index contributed by atoms with van der Waals surface area (Å²) in [5.41, 5.74) is 0.186. The van der Waals surface area contributed by atoms with Gasteiger partial charge in [-0.3, -0.25) is 19.1 Å². The predicted molar refractivity (Wildman–Crippen MR) is 205 cm³/mol. The molecule has 1 unspecified atom stereocenters. The molecule has 5 atom stereocenters. The standard InChI is InChI=1S/C41H56N4O9S/c1-38(2)16-6-7-28-21-29(52-4)10-13-31(28)26-14-17-39(3,18-15-26)40(53-5)23-33(45(25-40)34(46)24-42-37(49)54-20-19-38)35(47)43-41(22-32(41)27-8-9-27)36(48)44-55(50,51)30-11-12-30/h10,13-15,17,21,27,30,32-33H,6-9,11-12,16,18-20,22-25H2,1-5H3,(H,42,49)(H,43,47)(H,44,48)/t32-,33+,39?,40+,41-/m1/s1. The summed E-state index contributed by atoms with van der Waals surface area (Å²) in [7, 11) is -0.603. The van der Waals surface area contributed by atoms with E-state index in [1.807, 2.05) is 6.07 Å². The smallest absolute Gasteiger partial charge is 0.407 e. The maximum absolute atomic E-state index is 14.5. The number of alkyl carbamates (subject to hydrolysis) is 1. The molecule has 0 aromatic heterocycles. The number of nitrogens with one attached hydrogen (secondary N) is 3. The lowest BCUT2D eigenvalue weighted by Gasteiger charge is -2.44. The Labute approximate surface area is 324 Å². The van der Waals surface area contributed by atoms with Crippen molar-refractivity contribution in [3.63, 3.8) is 0 Å². The minimum Gasteiger partial charge on any atom is -0.497 e. The van der Waals surface area contributed by atoms with Gasteiger partial charge in [-0.1, -0.05) is 45.1 Å². The van der Waals surface area contributed by atoms with Crippen LogP contribution in [0.5, 0.6) is 5.75 Å². The first-order chi connectivity index (χ1) is 26.0. The fourth-order valence-corrected chi connectivity index (χ4v) is 10.4. The highest BCUT2D eigenvalue weighted by atomic mass is 32.2. The molecule has 3 aliphatic heterocycles. The zero-order valence-electron chi connectivity index (χ0n) is 32.7. The van der Waals surface area contributed by atoms with E-state index >= 15 is 0 Å². The number of sulfonamides is 1. The highest BCUT2D eigenvalue weighted by Crippen LogP contribution is 2.58. The van der Waals surface area contributed by atoms with E-state index in [9.17, 15) is 27.6 Å². The molecule has 300 valence electrons. The summed E-state index contributed by atoms with van der Waals surface area (Å²) in [5, 5.41) is 4.95. The zero-order valence-corrected chi connectivity index (χ0v) is 33.5. The molecule has 1 aromatic carbocycles. The predicted octanol–water partition coefficient (Wildman–Crippen LogP) is 4.40. The number of methoxy groups -OCH3 is 2. The summed E-state index contributed by atoms with van der Waals surface area (Å²) >= 11 is 0. The van der Waals surface area contributed by atoms with Crippen molar-refractivity contribution in [2.24, 2.45) is 22.7 Å². The Bertz CT molecular complexity index is 1900. The van der Waals surface area contributed by atoms with Gasteiger partial charge in [0, 0.05) is 18.9 Å². The first-order valence-electron chi connectivity index (χ1n) is 19.7. The Hall–Kier alpha value is -3.91. The molecule has 4 amide bonds. The summed E-state index contributed by atoms with van der Waals surface area (Å²) < 4.78 is 45.4. The number of benzene rings is 1. The topological polar surface area (TPSA) is 169 Å². The maximum Gasteiger partial charge on any atom is 0.407 e. The van der Waals surface area contributed by atoms with E-state index in [-0.39, 0.29) is 36.8 Å². The quantitative estimate of drug-likeness (QED) is 0.346. The van der Waals surface area contributed by atoms with Gasteiger partial charge >= 0.3 is 6.09 Å². The molecule has 1 aromatic rings. The number of amides is 4. The molecule has 3 N–H and O–H groups in total. The number of aryl methyl sites for hydroxylation is 1. The van der Waals surface area contributed by atoms with Crippen LogP contribution < -0.4 is 20.1 Å². The van der Waals surface area contributed by atoms with Crippen molar-refractivity contribution in [3.8, 4) is 5.75 Å². The monoisotopic (exact) mass is 780 g/mol. The van der Waals surface area contributed by atoms with Gasteiger partial charge in [0.1, 0.15) is 23.9 Å². The molecule has 55 heavy (non-hydrogen) atoms. The minimum absolute atomic E-state index is 0.0461. The van der Waals surface area contributed by atoms with Gasteiger partial charge in [-0.05, 0) is 110 Å². The maximum atomic E-state index is 14.5. The Morgan fingerprint density at radius 1 is 1.04 bits per heavy atom. The van der Waals surface area contributed by atoms with Crippen molar-refractivity contribution in [2.45, 2.75) is 114 Å². The Morgan fingerprint density at radius 3 is 2.45 bits per heavy atom. The lowest BCUT2D eigenvalue weighted by Crippen LogP contribution is -2.57. The van der Waals surface area contributed by atoms with Crippen LogP contribution in [-0.4, -0.2) is 93.5 Å². The molecule has 7 aliphatic rings. The average molecular weight is 781 g/mol. The van der Waals surface area contributed by atoms with Crippen LogP contribution >= 0.6 is 0 Å². The minimum atomic E-state index is -3.85. The van der Waals surface area contributed by atoms with Gasteiger partial charge in [0.2, 0.25) is 21.8 Å². The van der Waals surface area contributed by atoms with Crippen molar-refractivity contribution in [3.05, 3.63) is 47.6 Å². The van der Waals surface area contributed by atoms with Crippen LogP contribution in [0.25, 0.3) is 5.57 Å². The summed E-state index contributed by atoms with van der Waals surface area (Å²) in [4.78, 5) is 56.6. The second-order valence-corrected chi connectivity index (χ2v) is 19.6. The van der Waals surface area contributed by atoms with Crippen molar-refractivity contribution < 1.29 is 41.8 Å². The summed E-state index contributed by atoms with van der Waals surface area (Å²) in [6.45, 7) is 6.18. The van der Waals surface area contributed by atoms with Crippen molar-refractivity contribution >= 4 is 39.4 Å². The molecule has 3 heterocycles. The number of carbonyl (C=O) groups excluding carboxylic acids is 4. The lowest BCUT2D eigenvalue weighted by molar-refractivity contribution is -0.139. The van der Waals surface area contributed by atoms with Gasteiger partial charge in [0.25, 0.3) is 5.91 Å². The molecule has 14 heteroatoms. The van der Waals surface area contributed by atoms with E-state index in [2.05, 4.69) is 66.5 Å². The third kappa shape index (κ3) is 7.90. The SMILES string of the molecule is COc1ccc2c(c1)CCCC(C)(C)CCOC(=O)NCC(=O)N1C[C@@](OC)(C[C@H]1C(=O)N[C@]1(C(=O)NS(=O)(=O)C3CC3)C[C@@H]1C1CC1)C1(C)C=CC2=CC1. The van der Waals surface area contributed by atoms with E-state index in [4.69, 9.17) is 14.2 Å². The molecule has 8 rings (SSSR count). The van der Waals surface area contributed by atoms with E-state index in [1.54, 1.807) is 14.2 Å². The van der Waals surface area contributed by atoms with Gasteiger partial charge in [0.15, 0.2) is 0 Å². The normalized spacial score (nSPS) is 32.4. The van der Waals surface area contributed by atoms with Gasteiger partial charge in [-0.25, -0.2) is 13.2 Å². The molecule has 4 bridgehead atoms. The summed E-state index contributed by atoms with van der Waals surface area (Å²) in [6, 6.07) is 5.09. The molecular weight excluding hydrogens is 725 g/mol. The lowest BCUT2D eigenvalue weighted by atomic mass is 9.67. The molecule has 0 radical (unpaired) electrons. The largest absolute Gasteiger partial charge is 0.497 e. The second kappa shape index (κ2) is 14.5. The third-order valence-corrected chi connectivity index (χ3v) is 15.0.